The van der Waals surface area contributed by atoms with E-state index in [1.54, 1.807) is 24.3 Å². The van der Waals surface area contributed by atoms with Gasteiger partial charge >= 0.3 is 0 Å². The number of carboxylic acid groups (broad SMARTS) is 1. The van der Waals surface area contributed by atoms with Gasteiger partial charge in [0.15, 0.2) is 5.78 Å². The Kier molecular flexibility index (Phi) is 8.58. The van der Waals surface area contributed by atoms with Gasteiger partial charge in [0.05, 0.1) is 5.97 Å². The average Bonchev–Trinajstić information content (AvgIpc) is 2.41. The zero-order valence-corrected chi connectivity index (χ0v) is 12.8. The van der Waals surface area contributed by atoms with E-state index in [1.807, 2.05) is 19.9 Å². The lowest BCUT2D eigenvalue weighted by atomic mass is 9.96. The molecule has 0 radical (unpaired) electrons. The molecule has 8 N–H and O–H groups in total. The van der Waals surface area contributed by atoms with E-state index < -0.39 is 5.97 Å². The summed E-state index contributed by atoms with van der Waals surface area (Å²) in [6.45, 7) is 3.87. The number of quaternary nitrogens is 1. The van der Waals surface area contributed by atoms with E-state index in [0.717, 1.165) is 11.1 Å². The minimum Gasteiger partial charge on any atom is -0.545 e. The number of hydrogen-bond acceptors (Lipinski definition) is 3. The third-order valence-corrected chi connectivity index (χ3v) is 3.16. The van der Waals surface area contributed by atoms with Crippen LogP contribution < -0.4 is 11.3 Å². The summed E-state index contributed by atoms with van der Waals surface area (Å²) in [4.78, 5) is 23.4. The molecule has 0 heterocycles. The van der Waals surface area contributed by atoms with Crippen LogP contribution in [0, 0.1) is 13.8 Å². The first kappa shape index (κ1) is 21.8. The first-order chi connectivity index (χ1) is 9.00. The van der Waals surface area contributed by atoms with Crippen LogP contribution in [0.5, 0.6) is 0 Å². The van der Waals surface area contributed by atoms with Crippen molar-refractivity contribution in [3.8, 4) is 0 Å². The van der Waals surface area contributed by atoms with Crippen molar-refractivity contribution >= 4 is 11.8 Å². The van der Waals surface area contributed by atoms with Gasteiger partial charge in [-0.25, -0.2) is 0 Å². The SMILES string of the molecule is Cc1ccc(C(=O)c2ccccc2C(=O)[O-])cc1C.O.O.[NH4+]. The fourth-order valence-electron chi connectivity index (χ4n) is 1.90. The Morgan fingerprint density at radius 2 is 1.41 bits per heavy atom. The second-order valence-corrected chi connectivity index (χ2v) is 4.46. The maximum absolute atomic E-state index is 12.3. The van der Waals surface area contributed by atoms with Crippen LogP contribution in [0.15, 0.2) is 42.5 Å². The van der Waals surface area contributed by atoms with Crippen LogP contribution in [-0.4, -0.2) is 22.7 Å². The molecular formula is C16H21NO5. The first-order valence-electron chi connectivity index (χ1n) is 5.93. The minimum atomic E-state index is -1.34. The largest absolute Gasteiger partial charge is 0.545 e. The van der Waals surface area contributed by atoms with Crippen LogP contribution in [-0.2, 0) is 0 Å². The molecule has 2 aromatic carbocycles. The Morgan fingerprint density at radius 3 is 1.91 bits per heavy atom. The van der Waals surface area contributed by atoms with E-state index in [-0.39, 0.29) is 34.0 Å². The van der Waals surface area contributed by atoms with Gasteiger partial charge < -0.3 is 27.0 Å². The summed E-state index contributed by atoms with van der Waals surface area (Å²) in [7, 11) is 0. The normalized spacial score (nSPS) is 8.82. The standard InChI is InChI=1S/C16H14O3.H3N.2H2O/c1-10-7-8-12(9-11(10)2)15(17)13-5-3-4-6-14(13)16(18)19;;;/h3-9H,1-2H3,(H,18,19);1H3;2*1H2. The molecule has 6 nitrogen and oxygen atoms in total. The molecule has 0 aliphatic rings. The molecule has 6 heteroatoms. The van der Waals surface area contributed by atoms with Crippen LogP contribution in [0.3, 0.4) is 0 Å². The fourth-order valence-corrected chi connectivity index (χ4v) is 1.90. The van der Waals surface area contributed by atoms with Crippen LogP contribution in [0.2, 0.25) is 0 Å². The summed E-state index contributed by atoms with van der Waals surface area (Å²) >= 11 is 0. The van der Waals surface area contributed by atoms with Crippen molar-refractivity contribution in [2.45, 2.75) is 13.8 Å². The number of ketones is 1. The Bertz CT molecular complexity index is 667. The monoisotopic (exact) mass is 307 g/mol. The summed E-state index contributed by atoms with van der Waals surface area (Å²) in [5.74, 6) is -1.64. The third kappa shape index (κ3) is 4.23. The number of aromatic carboxylic acids is 1. The third-order valence-electron chi connectivity index (χ3n) is 3.16. The van der Waals surface area contributed by atoms with Gasteiger partial charge in [-0.05, 0) is 31.0 Å². The van der Waals surface area contributed by atoms with E-state index in [9.17, 15) is 14.7 Å². The Labute approximate surface area is 128 Å². The molecule has 0 amide bonds. The quantitative estimate of drug-likeness (QED) is 0.825. The second kappa shape index (κ2) is 8.68. The number of hydrogen-bond donors (Lipinski definition) is 1. The number of benzene rings is 2. The molecule has 0 atom stereocenters. The van der Waals surface area contributed by atoms with E-state index in [2.05, 4.69) is 0 Å². The lowest BCUT2D eigenvalue weighted by molar-refractivity contribution is -0.255. The predicted octanol–water partition coefficient (Wildman–Crippen LogP) is 0.625. The fraction of sp³-hybridized carbons (Fsp3) is 0.125. The molecule has 120 valence electrons. The highest BCUT2D eigenvalue weighted by atomic mass is 16.4. The smallest absolute Gasteiger partial charge is 0.193 e. The maximum Gasteiger partial charge on any atom is 0.193 e. The Morgan fingerprint density at radius 1 is 0.864 bits per heavy atom. The Hall–Kier alpha value is -2.54. The van der Waals surface area contributed by atoms with Gasteiger partial charge in [-0.1, -0.05) is 36.4 Å². The van der Waals surface area contributed by atoms with Crippen molar-refractivity contribution in [3.05, 3.63) is 70.3 Å². The molecule has 0 fully saturated rings. The van der Waals surface area contributed by atoms with E-state index in [0.29, 0.717) is 5.56 Å². The molecular weight excluding hydrogens is 286 g/mol. The van der Waals surface area contributed by atoms with Crippen LogP contribution in [0.25, 0.3) is 0 Å². The summed E-state index contributed by atoms with van der Waals surface area (Å²) in [5, 5.41) is 11.0. The molecule has 0 spiro atoms. The molecule has 0 saturated heterocycles. The molecule has 0 aliphatic heterocycles. The highest BCUT2D eigenvalue weighted by molar-refractivity contribution is 6.14. The van der Waals surface area contributed by atoms with Gasteiger partial charge in [0.25, 0.3) is 0 Å². The second-order valence-electron chi connectivity index (χ2n) is 4.46. The van der Waals surface area contributed by atoms with Crippen molar-refractivity contribution < 1.29 is 25.6 Å². The zero-order valence-electron chi connectivity index (χ0n) is 12.8. The minimum absolute atomic E-state index is 0. The molecule has 0 saturated carbocycles. The molecule has 0 unspecified atom stereocenters. The molecule has 2 rings (SSSR count). The number of rotatable bonds is 3. The van der Waals surface area contributed by atoms with Crippen LogP contribution >= 0.6 is 0 Å². The van der Waals surface area contributed by atoms with E-state index in [4.69, 9.17) is 0 Å². The number of carbonyl (C=O) groups is 2. The highest BCUT2D eigenvalue weighted by Gasteiger charge is 2.14. The Balaban J connectivity index is 0. The van der Waals surface area contributed by atoms with Crippen LogP contribution in [0.1, 0.15) is 37.4 Å². The zero-order chi connectivity index (χ0) is 14.0. The lowest BCUT2D eigenvalue weighted by Crippen LogP contribution is -2.25. The number of carbonyl (C=O) groups excluding carboxylic acids is 2. The van der Waals surface area contributed by atoms with Gasteiger partial charge in [-0.3, -0.25) is 4.79 Å². The van der Waals surface area contributed by atoms with Gasteiger partial charge in [0, 0.05) is 16.7 Å². The lowest BCUT2D eigenvalue weighted by Gasteiger charge is -2.10. The number of carboxylic acids is 1. The van der Waals surface area contributed by atoms with Crippen molar-refractivity contribution in [2.75, 3.05) is 0 Å². The van der Waals surface area contributed by atoms with Gasteiger partial charge in [0.2, 0.25) is 0 Å². The predicted molar refractivity (Wildman–Crippen MR) is 83.3 cm³/mol. The topological polar surface area (TPSA) is 157 Å². The molecule has 0 aliphatic carbocycles. The van der Waals surface area contributed by atoms with Gasteiger partial charge in [0.1, 0.15) is 0 Å². The van der Waals surface area contributed by atoms with Gasteiger partial charge in [-0.2, -0.15) is 0 Å². The van der Waals surface area contributed by atoms with Crippen molar-refractivity contribution in [1.29, 1.82) is 0 Å². The van der Waals surface area contributed by atoms with Crippen molar-refractivity contribution in [3.63, 3.8) is 0 Å². The van der Waals surface area contributed by atoms with Crippen molar-refractivity contribution in [1.82, 2.24) is 6.15 Å². The summed E-state index contributed by atoms with van der Waals surface area (Å²) in [6, 6.07) is 11.4. The summed E-state index contributed by atoms with van der Waals surface area (Å²) in [6.07, 6.45) is 0. The average molecular weight is 307 g/mol. The van der Waals surface area contributed by atoms with E-state index >= 15 is 0 Å². The maximum atomic E-state index is 12.3. The molecule has 2 aromatic rings. The van der Waals surface area contributed by atoms with Crippen molar-refractivity contribution in [2.24, 2.45) is 0 Å². The molecule has 0 bridgehead atoms. The highest BCUT2D eigenvalue weighted by Crippen LogP contribution is 2.17. The van der Waals surface area contributed by atoms with Gasteiger partial charge in [-0.15, -0.1) is 0 Å². The molecule has 0 aromatic heterocycles. The summed E-state index contributed by atoms with van der Waals surface area (Å²) in [5.41, 5.74) is 2.65. The first-order valence-corrected chi connectivity index (χ1v) is 5.93. The summed E-state index contributed by atoms with van der Waals surface area (Å²) < 4.78 is 0. The van der Waals surface area contributed by atoms with Crippen LogP contribution in [0.4, 0.5) is 0 Å². The van der Waals surface area contributed by atoms with E-state index in [1.165, 1.54) is 12.1 Å². The molecule has 22 heavy (non-hydrogen) atoms. The number of aryl methyl sites for hydroxylation is 2.